The van der Waals surface area contributed by atoms with Crippen LogP contribution >= 0.6 is 0 Å². The maximum Gasteiger partial charge on any atom is 0.315 e. The van der Waals surface area contributed by atoms with Crippen molar-refractivity contribution in [1.29, 1.82) is 0 Å². The van der Waals surface area contributed by atoms with Gasteiger partial charge in [0.25, 0.3) is 0 Å². The minimum Gasteiger partial charge on any atom is -0.465 e. The van der Waals surface area contributed by atoms with Crippen molar-refractivity contribution >= 4 is 5.97 Å². The third kappa shape index (κ3) is 1.23. The summed E-state index contributed by atoms with van der Waals surface area (Å²) in [6, 6.07) is 8.16. The van der Waals surface area contributed by atoms with Gasteiger partial charge in [-0.1, -0.05) is 24.3 Å². The molecule has 1 aromatic rings. The molecule has 0 spiro atoms. The standard InChI is InChI=1S/C14H16O3/c1-3-17-13(15)14-8-11(14)9-6-4-5-7-10(9)12(14)16-2/h4-7,11-12H,3,8H2,1-2H3/t11-,12-,14+/m1/s1. The quantitative estimate of drug-likeness (QED) is 0.751. The zero-order valence-electron chi connectivity index (χ0n) is 10.1. The monoisotopic (exact) mass is 232 g/mol. The van der Waals surface area contributed by atoms with E-state index in [1.54, 1.807) is 7.11 Å². The molecule has 0 radical (unpaired) electrons. The van der Waals surface area contributed by atoms with Gasteiger partial charge in [0.15, 0.2) is 0 Å². The molecule has 0 amide bonds. The highest BCUT2D eigenvalue weighted by atomic mass is 16.5. The van der Waals surface area contributed by atoms with Crippen molar-refractivity contribution in [3.05, 3.63) is 35.4 Å². The second kappa shape index (κ2) is 3.57. The summed E-state index contributed by atoms with van der Waals surface area (Å²) in [6.07, 6.45) is 0.726. The van der Waals surface area contributed by atoms with Gasteiger partial charge < -0.3 is 9.47 Å². The summed E-state index contributed by atoms with van der Waals surface area (Å²) in [5, 5.41) is 0. The van der Waals surface area contributed by atoms with E-state index in [0.717, 1.165) is 12.0 Å². The van der Waals surface area contributed by atoms with Gasteiger partial charge in [-0.2, -0.15) is 0 Å². The van der Waals surface area contributed by atoms with E-state index < -0.39 is 5.41 Å². The Morgan fingerprint density at radius 3 is 2.76 bits per heavy atom. The van der Waals surface area contributed by atoms with Crippen LogP contribution in [0.15, 0.2) is 24.3 Å². The van der Waals surface area contributed by atoms with E-state index >= 15 is 0 Å². The van der Waals surface area contributed by atoms with Crippen LogP contribution < -0.4 is 0 Å². The Hall–Kier alpha value is -1.35. The molecule has 2 aliphatic carbocycles. The maximum absolute atomic E-state index is 12.1. The summed E-state index contributed by atoms with van der Waals surface area (Å²) in [5.74, 6) is 0.191. The van der Waals surface area contributed by atoms with E-state index in [9.17, 15) is 4.79 Å². The number of carbonyl (C=O) groups excluding carboxylic acids is 1. The average Bonchev–Trinajstić information content (AvgIpc) is 3.02. The van der Waals surface area contributed by atoms with Crippen molar-refractivity contribution < 1.29 is 14.3 Å². The van der Waals surface area contributed by atoms with Gasteiger partial charge in [0.05, 0.1) is 12.7 Å². The van der Waals surface area contributed by atoms with E-state index in [1.165, 1.54) is 5.56 Å². The molecule has 0 aliphatic heterocycles. The van der Waals surface area contributed by atoms with Gasteiger partial charge in [-0.3, -0.25) is 4.79 Å². The summed E-state index contributed by atoms with van der Waals surface area (Å²) in [5.41, 5.74) is 1.97. The van der Waals surface area contributed by atoms with Crippen molar-refractivity contribution in [3.63, 3.8) is 0 Å². The summed E-state index contributed by atoms with van der Waals surface area (Å²) < 4.78 is 10.8. The zero-order chi connectivity index (χ0) is 12.0. The van der Waals surface area contributed by atoms with Crippen LogP contribution in [0.5, 0.6) is 0 Å². The minimum absolute atomic E-state index is 0.104. The molecule has 0 bridgehead atoms. The first-order valence-electron chi connectivity index (χ1n) is 6.04. The fourth-order valence-electron chi connectivity index (χ4n) is 3.24. The molecule has 0 N–H and O–H groups in total. The van der Waals surface area contributed by atoms with E-state index in [1.807, 2.05) is 19.1 Å². The highest BCUT2D eigenvalue weighted by Crippen LogP contribution is 2.73. The van der Waals surface area contributed by atoms with Crippen LogP contribution in [-0.4, -0.2) is 19.7 Å². The van der Waals surface area contributed by atoms with Gasteiger partial charge in [0.2, 0.25) is 0 Å². The summed E-state index contributed by atoms with van der Waals surface area (Å²) >= 11 is 0. The molecule has 90 valence electrons. The molecule has 2 aliphatic rings. The lowest BCUT2D eigenvalue weighted by molar-refractivity contribution is -0.155. The lowest BCUT2D eigenvalue weighted by Gasteiger charge is -2.21. The predicted molar refractivity (Wildman–Crippen MR) is 62.6 cm³/mol. The minimum atomic E-state index is -0.436. The van der Waals surface area contributed by atoms with Gasteiger partial charge in [-0.05, 0) is 24.5 Å². The molecular weight excluding hydrogens is 216 g/mol. The van der Waals surface area contributed by atoms with Gasteiger partial charge in [-0.15, -0.1) is 0 Å². The molecular formula is C14H16O3. The molecule has 1 saturated carbocycles. The predicted octanol–water partition coefficient (Wildman–Crippen LogP) is 2.42. The molecule has 0 heterocycles. The molecule has 3 atom stereocenters. The van der Waals surface area contributed by atoms with E-state index in [4.69, 9.17) is 9.47 Å². The topological polar surface area (TPSA) is 35.5 Å². The number of hydrogen-bond donors (Lipinski definition) is 0. The Labute approximate surface area is 101 Å². The van der Waals surface area contributed by atoms with Crippen LogP contribution in [0.3, 0.4) is 0 Å². The highest BCUT2D eigenvalue weighted by molar-refractivity contribution is 5.85. The van der Waals surface area contributed by atoms with Gasteiger partial charge in [0, 0.05) is 13.0 Å². The Kier molecular flexibility index (Phi) is 2.26. The first-order valence-corrected chi connectivity index (χ1v) is 6.04. The van der Waals surface area contributed by atoms with Crippen LogP contribution in [0.25, 0.3) is 0 Å². The van der Waals surface area contributed by atoms with Crippen LogP contribution in [0, 0.1) is 5.41 Å². The molecule has 1 aromatic carbocycles. The Bertz CT molecular complexity index is 468. The van der Waals surface area contributed by atoms with Crippen molar-refractivity contribution in [3.8, 4) is 0 Å². The fraction of sp³-hybridized carbons (Fsp3) is 0.500. The number of methoxy groups -OCH3 is 1. The number of benzene rings is 1. The van der Waals surface area contributed by atoms with E-state index in [2.05, 4.69) is 12.1 Å². The maximum atomic E-state index is 12.1. The molecule has 3 heteroatoms. The Balaban J connectivity index is 2.01. The largest absolute Gasteiger partial charge is 0.465 e. The molecule has 0 saturated heterocycles. The van der Waals surface area contributed by atoms with Crippen molar-refractivity contribution in [2.75, 3.05) is 13.7 Å². The third-order valence-electron chi connectivity index (χ3n) is 4.02. The first-order chi connectivity index (χ1) is 8.25. The lowest BCUT2D eigenvalue weighted by atomic mass is 9.97. The summed E-state index contributed by atoms with van der Waals surface area (Å²) in [6.45, 7) is 2.27. The summed E-state index contributed by atoms with van der Waals surface area (Å²) in [7, 11) is 1.67. The molecule has 3 rings (SSSR count). The zero-order valence-corrected chi connectivity index (χ0v) is 10.1. The average molecular weight is 232 g/mol. The van der Waals surface area contributed by atoms with Crippen molar-refractivity contribution in [1.82, 2.24) is 0 Å². The number of hydrogen-bond acceptors (Lipinski definition) is 3. The normalized spacial score (nSPS) is 32.8. The Morgan fingerprint density at radius 2 is 2.12 bits per heavy atom. The van der Waals surface area contributed by atoms with Crippen LogP contribution in [-0.2, 0) is 14.3 Å². The molecule has 0 unspecified atom stereocenters. The van der Waals surface area contributed by atoms with Crippen LogP contribution in [0.4, 0.5) is 0 Å². The SMILES string of the molecule is CCOC(=O)[C@@]12C[C@@H]1c1ccccc1[C@H]2OC. The van der Waals surface area contributed by atoms with Crippen molar-refractivity contribution in [2.45, 2.75) is 25.4 Å². The smallest absolute Gasteiger partial charge is 0.315 e. The number of esters is 1. The number of fused-ring (bicyclic) bond motifs is 3. The van der Waals surface area contributed by atoms with Crippen LogP contribution in [0.1, 0.15) is 36.5 Å². The summed E-state index contributed by atoms with van der Waals surface area (Å²) in [4.78, 5) is 12.1. The number of ether oxygens (including phenoxy) is 2. The molecule has 0 aromatic heterocycles. The number of carbonyl (C=O) groups is 1. The van der Waals surface area contributed by atoms with Gasteiger partial charge >= 0.3 is 5.97 Å². The van der Waals surface area contributed by atoms with E-state index in [-0.39, 0.29) is 12.1 Å². The van der Waals surface area contributed by atoms with Gasteiger partial charge in [-0.25, -0.2) is 0 Å². The molecule has 17 heavy (non-hydrogen) atoms. The second-order valence-corrected chi connectivity index (χ2v) is 4.76. The molecule has 3 nitrogen and oxygen atoms in total. The van der Waals surface area contributed by atoms with E-state index in [0.29, 0.717) is 12.5 Å². The highest BCUT2D eigenvalue weighted by Gasteiger charge is 2.71. The Morgan fingerprint density at radius 1 is 1.41 bits per heavy atom. The second-order valence-electron chi connectivity index (χ2n) is 4.76. The lowest BCUT2D eigenvalue weighted by Crippen LogP contribution is -2.26. The number of rotatable bonds is 3. The first kappa shape index (κ1) is 10.8. The molecule has 1 fully saturated rings. The van der Waals surface area contributed by atoms with Crippen LogP contribution in [0.2, 0.25) is 0 Å². The van der Waals surface area contributed by atoms with Gasteiger partial charge in [0.1, 0.15) is 5.41 Å². The fourth-order valence-corrected chi connectivity index (χ4v) is 3.24. The third-order valence-corrected chi connectivity index (χ3v) is 4.02. The van der Waals surface area contributed by atoms with Crippen molar-refractivity contribution in [2.24, 2.45) is 5.41 Å².